The lowest BCUT2D eigenvalue weighted by atomic mass is 9.70. The Bertz CT molecular complexity index is 325. The fourth-order valence-corrected chi connectivity index (χ4v) is 2.39. The molecule has 17 heavy (non-hydrogen) atoms. The maximum Gasteiger partial charge on any atom is 0.319 e. The predicted molar refractivity (Wildman–Crippen MR) is 66.8 cm³/mol. The van der Waals surface area contributed by atoms with Gasteiger partial charge in [-0.1, -0.05) is 24.6 Å². The van der Waals surface area contributed by atoms with Crippen LogP contribution in [0.4, 0.5) is 0 Å². The van der Waals surface area contributed by atoms with Crippen molar-refractivity contribution in [3.63, 3.8) is 0 Å². The Balaban J connectivity index is 2.85. The van der Waals surface area contributed by atoms with Crippen LogP contribution in [0, 0.1) is 5.41 Å². The van der Waals surface area contributed by atoms with Crippen molar-refractivity contribution in [2.45, 2.75) is 45.4 Å². The Morgan fingerprint density at radius 2 is 2.24 bits per heavy atom. The number of esters is 1. The van der Waals surface area contributed by atoms with E-state index in [0.29, 0.717) is 37.3 Å². The molecule has 0 aromatic heterocycles. The fraction of sp³-hybridized carbons (Fsp3) is 0.692. The fourth-order valence-electron chi connectivity index (χ4n) is 2.29. The molecule has 0 amide bonds. The SMILES string of the molecule is C=C(Cl)CCC1(C(=O)OCC)CCCCC1=O. The molecular formula is C13H19ClO3. The molecule has 0 saturated heterocycles. The molecule has 0 aliphatic heterocycles. The van der Waals surface area contributed by atoms with E-state index in [9.17, 15) is 9.59 Å². The third-order valence-corrected chi connectivity index (χ3v) is 3.47. The number of ether oxygens (including phenoxy) is 1. The molecule has 0 bridgehead atoms. The van der Waals surface area contributed by atoms with Gasteiger partial charge >= 0.3 is 5.97 Å². The van der Waals surface area contributed by atoms with Crippen LogP contribution in [0.15, 0.2) is 11.6 Å². The van der Waals surface area contributed by atoms with Gasteiger partial charge in [0.25, 0.3) is 0 Å². The summed E-state index contributed by atoms with van der Waals surface area (Å²) in [7, 11) is 0. The van der Waals surface area contributed by atoms with Gasteiger partial charge in [0.05, 0.1) is 6.61 Å². The van der Waals surface area contributed by atoms with E-state index in [1.54, 1.807) is 6.92 Å². The number of rotatable bonds is 5. The topological polar surface area (TPSA) is 43.4 Å². The van der Waals surface area contributed by atoms with Gasteiger partial charge in [-0.2, -0.15) is 0 Å². The molecule has 1 atom stereocenters. The molecule has 1 rings (SSSR count). The lowest BCUT2D eigenvalue weighted by Crippen LogP contribution is -2.43. The number of carbonyl (C=O) groups excluding carboxylic acids is 2. The van der Waals surface area contributed by atoms with Gasteiger partial charge in [-0.3, -0.25) is 9.59 Å². The molecule has 4 heteroatoms. The summed E-state index contributed by atoms with van der Waals surface area (Å²) in [5.41, 5.74) is -0.966. The minimum absolute atomic E-state index is 0.000108. The van der Waals surface area contributed by atoms with Crippen LogP contribution in [-0.4, -0.2) is 18.4 Å². The van der Waals surface area contributed by atoms with Gasteiger partial charge in [0, 0.05) is 11.5 Å². The first-order valence-corrected chi connectivity index (χ1v) is 6.44. The standard InChI is InChI=1S/C13H19ClO3/c1-3-17-12(16)13(9-7-10(2)14)8-5-4-6-11(13)15/h2-9H2,1H3. The zero-order valence-electron chi connectivity index (χ0n) is 10.3. The second kappa shape index (κ2) is 6.20. The van der Waals surface area contributed by atoms with E-state index in [1.165, 1.54) is 0 Å². The highest BCUT2D eigenvalue weighted by Gasteiger charge is 2.47. The number of ketones is 1. The van der Waals surface area contributed by atoms with Gasteiger partial charge < -0.3 is 4.74 Å². The van der Waals surface area contributed by atoms with E-state index in [1.807, 2.05) is 0 Å². The molecule has 0 N–H and O–H groups in total. The van der Waals surface area contributed by atoms with Gasteiger partial charge in [-0.25, -0.2) is 0 Å². The summed E-state index contributed by atoms with van der Waals surface area (Å²) in [4.78, 5) is 24.1. The molecule has 0 radical (unpaired) electrons. The van der Waals surface area contributed by atoms with Crippen molar-refractivity contribution in [2.24, 2.45) is 5.41 Å². The van der Waals surface area contributed by atoms with Gasteiger partial charge in [-0.05, 0) is 32.6 Å². The second-order valence-corrected chi connectivity index (χ2v) is 4.98. The van der Waals surface area contributed by atoms with E-state index in [0.717, 1.165) is 12.8 Å². The average Bonchev–Trinajstić information content (AvgIpc) is 2.28. The third-order valence-electron chi connectivity index (χ3n) is 3.28. The molecule has 0 spiro atoms. The summed E-state index contributed by atoms with van der Waals surface area (Å²) >= 11 is 5.73. The summed E-state index contributed by atoms with van der Waals surface area (Å²) in [6.07, 6.45) is 3.70. The van der Waals surface area contributed by atoms with Crippen molar-refractivity contribution in [1.29, 1.82) is 0 Å². The van der Waals surface area contributed by atoms with Crippen LogP contribution in [-0.2, 0) is 14.3 Å². The molecule has 1 fully saturated rings. The van der Waals surface area contributed by atoms with Crippen molar-refractivity contribution >= 4 is 23.4 Å². The molecule has 1 saturated carbocycles. The highest BCUT2D eigenvalue weighted by atomic mass is 35.5. The predicted octanol–water partition coefficient (Wildman–Crippen LogP) is 3.21. The maximum absolute atomic E-state index is 12.1. The molecule has 0 aromatic rings. The highest BCUT2D eigenvalue weighted by molar-refractivity contribution is 6.29. The van der Waals surface area contributed by atoms with E-state index in [-0.39, 0.29) is 11.8 Å². The Hall–Kier alpha value is -0.830. The first-order chi connectivity index (χ1) is 8.03. The number of hydrogen-bond acceptors (Lipinski definition) is 3. The van der Waals surface area contributed by atoms with Crippen molar-refractivity contribution in [2.75, 3.05) is 6.61 Å². The molecule has 1 unspecified atom stereocenters. The second-order valence-electron chi connectivity index (χ2n) is 4.45. The van der Waals surface area contributed by atoms with Crippen LogP contribution in [0.3, 0.4) is 0 Å². The van der Waals surface area contributed by atoms with Crippen LogP contribution in [0.25, 0.3) is 0 Å². The van der Waals surface area contributed by atoms with Crippen molar-refractivity contribution < 1.29 is 14.3 Å². The number of Topliss-reactive ketones (excluding diaryl/α,β-unsaturated/α-hetero) is 1. The highest BCUT2D eigenvalue weighted by Crippen LogP contribution is 2.39. The first kappa shape index (κ1) is 14.2. The smallest absolute Gasteiger partial charge is 0.319 e. The molecular weight excluding hydrogens is 240 g/mol. The van der Waals surface area contributed by atoms with E-state index in [2.05, 4.69) is 6.58 Å². The van der Waals surface area contributed by atoms with E-state index < -0.39 is 5.41 Å². The zero-order valence-corrected chi connectivity index (χ0v) is 11.0. The van der Waals surface area contributed by atoms with Crippen LogP contribution >= 0.6 is 11.6 Å². The largest absolute Gasteiger partial charge is 0.465 e. The molecule has 1 aliphatic carbocycles. The number of halogens is 1. The van der Waals surface area contributed by atoms with Crippen LogP contribution in [0.5, 0.6) is 0 Å². The Labute approximate surface area is 107 Å². The summed E-state index contributed by atoms with van der Waals surface area (Å²) in [5.74, 6) is -0.386. The van der Waals surface area contributed by atoms with Crippen molar-refractivity contribution in [1.82, 2.24) is 0 Å². The minimum atomic E-state index is -0.966. The zero-order chi connectivity index (χ0) is 12.9. The lowest BCUT2D eigenvalue weighted by Gasteiger charge is -2.33. The molecule has 0 heterocycles. The monoisotopic (exact) mass is 258 g/mol. The molecule has 3 nitrogen and oxygen atoms in total. The summed E-state index contributed by atoms with van der Waals surface area (Å²) < 4.78 is 5.05. The summed E-state index contributed by atoms with van der Waals surface area (Å²) in [5, 5.41) is 0.479. The Kier molecular flexibility index (Phi) is 5.19. The van der Waals surface area contributed by atoms with E-state index >= 15 is 0 Å². The van der Waals surface area contributed by atoms with Gasteiger partial charge in [-0.15, -0.1) is 0 Å². The minimum Gasteiger partial charge on any atom is -0.465 e. The van der Waals surface area contributed by atoms with Crippen LogP contribution in [0.2, 0.25) is 0 Å². The Morgan fingerprint density at radius 3 is 2.76 bits per heavy atom. The van der Waals surface area contributed by atoms with Gasteiger partial charge in [0.15, 0.2) is 0 Å². The number of allylic oxidation sites excluding steroid dienone is 1. The lowest BCUT2D eigenvalue weighted by molar-refractivity contribution is -0.162. The quantitative estimate of drug-likeness (QED) is 0.562. The first-order valence-electron chi connectivity index (χ1n) is 6.06. The summed E-state index contributed by atoms with van der Waals surface area (Å²) in [6.45, 7) is 5.65. The average molecular weight is 259 g/mol. The molecule has 96 valence electrons. The molecule has 1 aliphatic rings. The van der Waals surface area contributed by atoms with Crippen molar-refractivity contribution in [3.8, 4) is 0 Å². The van der Waals surface area contributed by atoms with Gasteiger partial charge in [0.2, 0.25) is 0 Å². The summed E-state index contributed by atoms with van der Waals surface area (Å²) in [6, 6.07) is 0. The number of hydrogen-bond donors (Lipinski definition) is 0. The van der Waals surface area contributed by atoms with Gasteiger partial charge in [0.1, 0.15) is 11.2 Å². The molecule has 0 aromatic carbocycles. The van der Waals surface area contributed by atoms with Crippen LogP contribution in [0.1, 0.15) is 45.4 Å². The van der Waals surface area contributed by atoms with Crippen molar-refractivity contribution in [3.05, 3.63) is 11.6 Å². The normalized spacial score (nSPS) is 24.5. The van der Waals surface area contributed by atoms with Crippen LogP contribution < -0.4 is 0 Å². The third kappa shape index (κ3) is 3.32. The maximum atomic E-state index is 12.1. The number of carbonyl (C=O) groups is 2. The van der Waals surface area contributed by atoms with E-state index in [4.69, 9.17) is 16.3 Å². The Morgan fingerprint density at radius 1 is 1.53 bits per heavy atom.